The molecule has 5 nitrogen and oxygen atoms in total. The van der Waals surface area contributed by atoms with Crippen molar-refractivity contribution in [1.82, 2.24) is 19.6 Å². The first kappa shape index (κ1) is 16.0. The fraction of sp³-hybridized carbons (Fsp3) is 0.750. The Bertz CT molecular complexity index is 451. The molecule has 1 aliphatic heterocycles. The molecule has 0 aromatic carbocycles. The van der Waals surface area contributed by atoms with Crippen molar-refractivity contribution in [2.75, 3.05) is 26.7 Å². The largest absolute Gasteiger partial charge is 0.345 e. The summed E-state index contributed by atoms with van der Waals surface area (Å²) in [5.41, 5.74) is 1.18. The third kappa shape index (κ3) is 4.84. The molecular weight excluding hydrogens is 264 g/mol. The fourth-order valence-corrected chi connectivity index (χ4v) is 2.91. The van der Waals surface area contributed by atoms with Crippen LogP contribution in [0.5, 0.6) is 0 Å². The molecule has 1 aromatic heterocycles. The molecule has 5 heteroatoms. The van der Waals surface area contributed by atoms with Gasteiger partial charge in [0.1, 0.15) is 0 Å². The second-order valence-electron chi connectivity index (χ2n) is 6.22. The van der Waals surface area contributed by atoms with Crippen molar-refractivity contribution < 1.29 is 4.79 Å². The van der Waals surface area contributed by atoms with E-state index in [1.54, 1.807) is 4.68 Å². The number of hydrogen-bond acceptors (Lipinski definition) is 3. The first-order valence-corrected chi connectivity index (χ1v) is 8.02. The third-order valence-electron chi connectivity index (χ3n) is 4.46. The number of likely N-dealkylation sites (tertiary alicyclic amines) is 1. The van der Waals surface area contributed by atoms with Gasteiger partial charge < -0.3 is 9.80 Å². The van der Waals surface area contributed by atoms with Gasteiger partial charge in [-0.3, -0.25) is 9.48 Å². The van der Waals surface area contributed by atoms with E-state index in [0.717, 1.165) is 19.4 Å². The number of amides is 1. The van der Waals surface area contributed by atoms with Crippen molar-refractivity contribution in [1.29, 1.82) is 0 Å². The lowest BCUT2D eigenvalue weighted by Crippen LogP contribution is -2.33. The quantitative estimate of drug-likeness (QED) is 0.768. The number of nitrogens with zero attached hydrogens (tertiary/aromatic N) is 4. The van der Waals surface area contributed by atoms with E-state index in [4.69, 9.17) is 0 Å². The average Bonchev–Trinajstić information content (AvgIpc) is 3.13. The molecule has 2 rings (SSSR count). The summed E-state index contributed by atoms with van der Waals surface area (Å²) in [5, 5.41) is 4.15. The number of aryl methyl sites for hydroxylation is 1. The van der Waals surface area contributed by atoms with Crippen molar-refractivity contribution in [3.8, 4) is 0 Å². The number of aromatic nitrogens is 2. The highest BCUT2D eigenvalue weighted by molar-refractivity contribution is 5.75. The Hall–Kier alpha value is -1.36. The summed E-state index contributed by atoms with van der Waals surface area (Å²) >= 11 is 0. The number of carbonyl (C=O) groups excluding carboxylic acids is 1. The lowest BCUT2D eigenvalue weighted by atomic mass is 10.1. The molecule has 0 radical (unpaired) electrons. The summed E-state index contributed by atoms with van der Waals surface area (Å²) in [6, 6.07) is 0.531. The average molecular weight is 292 g/mol. The van der Waals surface area contributed by atoms with Crippen LogP contribution in [-0.2, 0) is 18.3 Å². The maximum Gasteiger partial charge on any atom is 0.222 e. The van der Waals surface area contributed by atoms with Crippen LogP contribution in [0.2, 0.25) is 0 Å². The van der Waals surface area contributed by atoms with Gasteiger partial charge in [-0.1, -0.05) is 0 Å². The van der Waals surface area contributed by atoms with Crippen molar-refractivity contribution in [2.45, 2.75) is 45.1 Å². The van der Waals surface area contributed by atoms with Crippen LogP contribution >= 0.6 is 0 Å². The highest BCUT2D eigenvalue weighted by atomic mass is 16.2. The predicted molar refractivity (Wildman–Crippen MR) is 84.1 cm³/mol. The molecule has 1 aliphatic rings. The molecule has 21 heavy (non-hydrogen) atoms. The van der Waals surface area contributed by atoms with E-state index in [1.165, 1.54) is 31.5 Å². The smallest absolute Gasteiger partial charge is 0.222 e. The molecule has 0 spiro atoms. The summed E-state index contributed by atoms with van der Waals surface area (Å²) in [4.78, 5) is 16.5. The Morgan fingerprint density at radius 3 is 2.76 bits per heavy atom. The lowest BCUT2D eigenvalue weighted by molar-refractivity contribution is -0.130. The van der Waals surface area contributed by atoms with Crippen LogP contribution < -0.4 is 0 Å². The van der Waals surface area contributed by atoms with Crippen LogP contribution in [0.25, 0.3) is 0 Å². The number of rotatable bonds is 7. The van der Waals surface area contributed by atoms with Crippen LogP contribution in [0.1, 0.15) is 38.2 Å². The van der Waals surface area contributed by atoms with Crippen molar-refractivity contribution in [3.05, 3.63) is 18.0 Å². The molecule has 0 unspecified atom stereocenters. The maximum atomic E-state index is 12.2. The standard InChI is InChI=1S/C16H28N4O/c1-14(20-9-4-5-10-20)6-7-16(21)18(2)11-8-15-12-17-19(3)13-15/h12-14H,4-11H2,1-3H3/t14-/m0/s1. The maximum absolute atomic E-state index is 12.2. The first-order chi connectivity index (χ1) is 10.1. The Balaban J connectivity index is 1.67. The molecule has 0 N–H and O–H groups in total. The van der Waals surface area contributed by atoms with Gasteiger partial charge in [-0.2, -0.15) is 5.10 Å². The van der Waals surface area contributed by atoms with Gasteiger partial charge in [-0.25, -0.2) is 0 Å². The second-order valence-corrected chi connectivity index (χ2v) is 6.22. The van der Waals surface area contributed by atoms with Crippen LogP contribution in [0.15, 0.2) is 12.4 Å². The molecule has 1 saturated heterocycles. The van der Waals surface area contributed by atoms with E-state index in [1.807, 2.05) is 31.4 Å². The van der Waals surface area contributed by atoms with Crippen LogP contribution in [0, 0.1) is 0 Å². The second kappa shape index (κ2) is 7.59. The normalized spacial score (nSPS) is 17.1. The molecule has 1 aromatic rings. The van der Waals surface area contributed by atoms with Gasteiger partial charge in [0.25, 0.3) is 0 Å². The van der Waals surface area contributed by atoms with E-state index in [0.29, 0.717) is 12.5 Å². The summed E-state index contributed by atoms with van der Waals surface area (Å²) < 4.78 is 1.80. The third-order valence-corrected chi connectivity index (χ3v) is 4.46. The lowest BCUT2D eigenvalue weighted by Gasteiger charge is -2.24. The van der Waals surface area contributed by atoms with Gasteiger partial charge in [0, 0.05) is 39.3 Å². The van der Waals surface area contributed by atoms with Gasteiger partial charge in [0.05, 0.1) is 6.20 Å². The van der Waals surface area contributed by atoms with Gasteiger partial charge in [0.15, 0.2) is 0 Å². The van der Waals surface area contributed by atoms with E-state index in [2.05, 4.69) is 16.9 Å². The fourth-order valence-electron chi connectivity index (χ4n) is 2.91. The van der Waals surface area contributed by atoms with E-state index in [9.17, 15) is 4.79 Å². The Morgan fingerprint density at radius 2 is 2.14 bits per heavy atom. The molecular formula is C16H28N4O. The molecule has 2 heterocycles. The zero-order chi connectivity index (χ0) is 15.2. The molecule has 1 atom stereocenters. The topological polar surface area (TPSA) is 41.4 Å². The van der Waals surface area contributed by atoms with Gasteiger partial charge in [-0.15, -0.1) is 0 Å². The van der Waals surface area contributed by atoms with Gasteiger partial charge in [-0.05, 0) is 51.3 Å². The molecule has 0 saturated carbocycles. The molecule has 0 bridgehead atoms. The predicted octanol–water partition coefficient (Wildman–Crippen LogP) is 1.69. The first-order valence-electron chi connectivity index (χ1n) is 8.02. The monoisotopic (exact) mass is 292 g/mol. The zero-order valence-corrected chi connectivity index (χ0v) is 13.6. The summed E-state index contributed by atoms with van der Waals surface area (Å²) in [6.07, 6.45) is 8.99. The van der Waals surface area contributed by atoms with Crippen LogP contribution in [0.3, 0.4) is 0 Å². The van der Waals surface area contributed by atoms with Crippen LogP contribution in [0.4, 0.5) is 0 Å². The van der Waals surface area contributed by atoms with Crippen LogP contribution in [-0.4, -0.2) is 58.2 Å². The highest BCUT2D eigenvalue weighted by Crippen LogP contribution is 2.15. The Morgan fingerprint density at radius 1 is 1.43 bits per heavy atom. The summed E-state index contributed by atoms with van der Waals surface area (Å²) in [7, 11) is 3.82. The molecule has 1 fully saturated rings. The van der Waals surface area contributed by atoms with Crippen molar-refractivity contribution in [3.63, 3.8) is 0 Å². The minimum atomic E-state index is 0.255. The Kier molecular flexibility index (Phi) is 5.79. The summed E-state index contributed by atoms with van der Waals surface area (Å²) in [5.74, 6) is 0.255. The number of likely N-dealkylation sites (N-methyl/N-ethyl adjacent to an activating group) is 1. The molecule has 118 valence electrons. The molecule has 1 amide bonds. The van der Waals surface area contributed by atoms with E-state index >= 15 is 0 Å². The Labute approximate surface area is 127 Å². The van der Waals surface area contributed by atoms with Crippen molar-refractivity contribution in [2.24, 2.45) is 7.05 Å². The number of carbonyl (C=O) groups is 1. The van der Waals surface area contributed by atoms with E-state index < -0.39 is 0 Å². The zero-order valence-electron chi connectivity index (χ0n) is 13.6. The van der Waals surface area contributed by atoms with Crippen molar-refractivity contribution >= 4 is 5.91 Å². The molecule has 0 aliphatic carbocycles. The van der Waals surface area contributed by atoms with E-state index in [-0.39, 0.29) is 5.91 Å². The minimum absolute atomic E-state index is 0.255. The number of hydrogen-bond donors (Lipinski definition) is 0. The highest BCUT2D eigenvalue weighted by Gasteiger charge is 2.19. The summed E-state index contributed by atoms with van der Waals surface area (Å²) in [6.45, 7) is 5.41. The van der Waals surface area contributed by atoms with Gasteiger partial charge in [0.2, 0.25) is 5.91 Å². The minimum Gasteiger partial charge on any atom is -0.345 e. The van der Waals surface area contributed by atoms with Gasteiger partial charge >= 0.3 is 0 Å². The SMILES string of the molecule is C[C@@H](CCC(=O)N(C)CCc1cnn(C)c1)N1CCCC1.